The highest BCUT2D eigenvalue weighted by molar-refractivity contribution is 7.88. The SMILES string of the molecule is COC(=O)c1sc2ccccc2c1NC(=O)C1CCCN(S(C)(=O)=O)C1. The maximum atomic E-state index is 12.8. The summed E-state index contributed by atoms with van der Waals surface area (Å²) in [6, 6.07) is 7.39. The number of sulfonamides is 1. The van der Waals surface area contributed by atoms with Crippen LogP contribution in [0.25, 0.3) is 10.1 Å². The molecule has 1 amide bonds. The van der Waals surface area contributed by atoms with E-state index in [4.69, 9.17) is 4.74 Å². The van der Waals surface area contributed by atoms with Crippen molar-refractivity contribution >= 4 is 49.0 Å². The van der Waals surface area contributed by atoms with Crippen molar-refractivity contribution in [2.24, 2.45) is 5.92 Å². The number of thiophene rings is 1. The Morgan fingerprint density at radius 3 is 2.73 bits per heavy atom. The third-order valence-corrected chi connectivity index (χ3v) is 6.86. The minimum absolute atomic E-state index is 0.153. The van der Waals surface area contributed by atoms with Crippen molar-refractivity contribution < 1.29 is 22.7 Å². The topological polar surface area (TPSA) is 92.8 Å². The summed E-state index contributed by atoms with van der Waals surface area (Å²) in [7, 11) is -2.04. The van der Waals surface area contributed by atoms with E-state index in [1.54, 1.807) is 0 Å². The fourth-order valence-electron chi connectivity index (χ4n) is 3.09. The van der Waals surface area contributed by atoms with Crippen molar-refractivity contribution in [2.75, 3.05) is 31.8 Å². The first-order valence-electron chi connectivity index (χ1n) is 8.17. The zero-order chi connectivity index (χ0) is 18.9. The zero-order valence-electron chi connectivity index (χ0n) is 14.5. The van der Waals surface area contributed by atoms with Gasteiger partial charge in [-0.3, -0.25) is 4.79 Å². The number of amides is 1. The molecule has 1 unspecified atom stereocenters. The van der Waals surface area contributed by atoms with E-state index in [0.29, 0.717) is 30.0 Å². The Labute approximate surface area is 156 Å². The molecule has 1 aromatic carbocycles. The van der Waals surface area contributed by atoms with Gasteiger partial charge in [-0.25, -0.2) is 17.5 Å². The minimum atomic E-state index is -3.33. The maximum Gasteiger partial charge on any atom is 0.350 e. The lowest BCUT2D eigenvalue weighted by Gasteiger charge is -2.30. The van der Waals surface area contributed by atoms with Crippen molar-refractivity contribution in [3.8, 4) is 0 Å². The molecule has 0 aliphatic carbocycles. The maximum absolute atomic E-state index is 12.8. The van der Waals surface area contributed by atoms with E-state index in [2.05, 4.69) is 5.32 Å². The summed E-state index contributed by atoms with van der Waals surface area (Å²) in [6.07, 6.45) is 2.38. The molecule has 1 N–H and O–H groups in total. The van der Waals surface area contributed by atoms with Crippen LogP contribution in [0.2, 0.25) is 0 Å². The van der Waals surface area contributed by atoms with Crippen LogP contribution in [0.15, 0.2) is 24.3 Å². The Balaban J connectivity index is 1.88. The molecule has 140 valence electrons. The van der Waals surface area contributed by atoms with E-state index in [1.165, 1.54) is 22.8 Å². The van der Waals surface area contributed by atoms with Gasteiger partial charge in [0.05, 0.1) is 25.0 Å². The summed E-state index contributed by atoms with van der Waals surface area (Å²) in [6.45, 7) is 0.581. The number of methoxy groups -OCH3 is 1. The normalized spacial score (nSPS) is 18.6. The second-order valence-corrected chi connectivity index (χ2v) is 9.28. The number of esters is 1. The smallest absolute Gasteiger partial charge is 0.350 e. The molecular formula is C17H20N2O5S2. The van der Waals surface area contributed by atoms with Crippen molar-refractivity contribution in [1.29, 1.82) is 0 Å². The summed E-state index contributed by atoms with van der Waals surface area (Å²) in [4.78, 5) is 25.2. The molecule has 1 atom stereocenters. The number of hydrogen-bond acceptors (Lipinski definition) is 6. The van der Waals surface area contributed by atoms with Gasteiger partial charge >= 0.3 is 5.97 Å². The molecule has 1 aliphatic heterocycles. The number of nitrogens with zero attached hydrogens (tertiary/aromatic N) is 1. The van der Waals surface area contributed by atoms with E-state index in [0.717, 1.165) is 16.3 Å². The van der Waals surface area contributed by atoms with Gasteiger partial charge < -0.3 is 10.1 Å². The zero-order valence-corrected chi connectivity index (χ0v) is 16.2. The van der Waals surface area contributed by atoms with Crippen molar-refractivity contribution in [1.82, 2.24) is 4.31 Å². The number of fused-ring (bicyclic) bond motifs is 1. The number of rotatable bonds is 4. The van der Waals surface area contributed by atoms with Gasteiger partial charge in [0, 0.05) is 23.2 Å². The summed E-state index contributed by atoms with van der Waals surface area (Å²) < 4.78 is 30.5. The molecule has 26 heavy (non-hydrogen) atoms. The highest BCUT2D eigenvalue weighted by Gasteiger charge is 2.31. The van der Waals surface area contributed by atoms with Crippen LogP contribution in [0.5, 0.6) is 0 Å². The molecule has 3 rings (SSSR count). The summed E-state index contributed by atoms with van der Waals surface area (Å²) in [5.74, 6) is -1.25. The molecule has 2 heterocycles. The third kappa shape index (κ3) is 3.74. The van der Waals surface area contributed by atoms with Gasteiger partial charge in [-0.05, 0) is 18.9 Å². The van der Waals surface area contributed by atoms with Gasteiger partial charge in [0.25, 0.3) is 0 Å². The van der Waals surface area contributed by atoms with Crippen LogP contribution in [0.1, 0.15) is 22.5 Å². The second-order valence-electron chi connectivity index (χ2n) is 6.24. The highest BCUT2D eigenvalue weighted by Crippen LogP contribution is 2.36. The predicted octanol–water partition coefficient (Wildman–Crippen LogP) is 2.30. The Morgan fingerprint density at radius 1 is 1.31 bits per heavy atom. The molecule has 0 spiro atoms. The van der Waals surface area contributed by atoms with Crippen molar-refractivity contribution in [3.05, 3.63) is 29.1 Å². The molecule has 0 bridgehead atoms. The Bertz CT molecular complexity index is 951. The second kappa shape index (κ2) is 7.34. The first-order chi connectivity index (χ1) is 12.3. The summed E-state index contributed by atoms with van der Waals surface area (Å²) >= 11 is 1.25. The van der Waals surface area contributed by atoms with E-state index in [9.17, 15) is 18.0 Å². The van der Waals surface area contributed by atoms with Crippen molar-refractivity contribution in [3.63, 3.8) is 0 Å². The fourth-order valence-corrected chi connectivity index (χ4v) is 5.08. The van der Waals surface area contributed by atoms with Gasteiger partial charge in [0.2, 0.25) is 15.9 Å². The number of carbonyl (C=O) groups is 2. The summed E-state index contributed by atoms with van der Waals surface area (Å²) in [5, 5.41) is 3.61. The van der Waals surface area contributed by atoms with Crippen LogP contribution in [0, 0.1) is 5.92 Å². The lowest BCUT2D eigenvalue weighted by Crippen LogP contribution is -2.43. The predicted molar refractivity (Wildman–Crippen MR) is 101 cm³/mol. The van der Waals surface area contributed by atoms with Gasteiger partial charge in [-0.2, -0.15) is 0 Å². The van der Waals surface area contributed by atoms with E-state index < -0.39 is 21.9 Å². The van der Waals surface area contributed by atoms with Crippen molar-refractivity contribution in [2.45, 2.75) is 12.8 Å². The lowest BCUT2D eigenvalue weighted by molar-refractivity contribution is -0.120. The Morgan fingerprint density at radius 2 is 2.04 bits per heavy atom. The van der Waals surface area contributed by atoms with E-state index in [1.807, 2.05) is 24.3 Å². The molecular weight excluding hydrogens is 376 g/mol. The molecule has 1 saturated heterocycles. The largest absolute Gasteiger partial charge is 0.465 e. The first-order valence-corrected chi connectivity index (χ1v) is 10.8. The highest BCUT2D eigenvalue weighted by atomic mass is 32.2. The van der Waals surface area contributed by atoms with Crippen LogP contribution in [0.4, 0.5) is 5.69 Å². The van der Waals surface area contributed by atoms with Gasteiger partial charge in [0.1, 0.15) is 4.88 Å². The monoisotopic (exact) mass is 396 g/mol. The summed E-state index contributed by atoms with van der Waals surface area (Å²) in [5.41, 5.74) is 0.430. The number of ether oxygens (including phenoxy) is 1. The van der Waals surface area contributed by atoms with E-state index in [-0.39, 0.29) is 12.5 Å². The average Bonchev–Trinajstić information content (AvgIpc) is 2.99. The quantitative estimate of drug-likeness (QED) is 0.801. The molecule has 7 nitrogen and oxygen atoms in total. The number of carbonyl (C=O) groups excluding carboxylic acids is 2. The number of nitrogens with one attached hydrogen (secondary N) is 1. The van der Waals surface area contributed by atoms with Gasteiger partial charge in [0.15, 0.2) is 0 Å². The molecule has 1 aliphatic rings. The molecule has 0 saturated carbocycles. The molecule has 2 aromatic rings. The number of anilines is 1. The Kier molecular flexibility index (Phi) is 5.31. The number of piperidine rings is 1. The third-order valence-electron chi connectivity index (χ3n) is 4.44. The van der Waals surface area contributed by atoms with Crippen LogP contribution in [-0.4, -0.2) is 51.1 Å². The molecule has 1 aromatic heterocycles. The van der Waals surface area contributed by atoms with Crippen LogP contribution < -0.4 is 5.32 Å². The lowest BCUT2D eigenvalue weighted by atomic mass is 9.98. The van der Waals surface area contributed by atoms with Crippen LogP contribution in [-0.2, 0) is 19.6 Å². The van der Waals surface area contributed by atoms with Crippen LogP contribution >= 0.6 is 11.3 Å². The number of benzene rings is 1. The number of hydrogen-bond donors (Lipinski definition) is 1. The minimum Gasteiger partial charge on any atom is -0.465 e. The average molecular weight is 396 g/mol. The van der Waals surface area contributed by atoms with Gasteiger partial charge in [-0.1, -0.05) is 18.2 Å². The first kappa shape index (κ1) is 18.8. The van der Waals surface area contributed by atoms with Crippen LogP contribution in [0.3, 0.4) is 0 Å². The van der Waals surface area contributed by atoms with E-state index >= 15 is 0 Å². The fraction of sp³-hybridized carbons (Fsp3) is 0.412. The molecule has 9 heteroatoms. The Hall–Kier alpha value is -1.97. The van der Waals surface area contributed by atoms with Gasteiger partial charge in [-0.15, -0.1) is 11.3 Å². The molecule has 1 fully saturated rings. The molecule has 0 radical (unpaired) electrons. The standard InChI is InChI=1S/C17H20N2O5S2/c1-24-17(21)15-14(12-7-3-4-8-13(12)25-15)18-16(20)11-6-5-9-19(10-11)26(2,22)23/h3-4,7-8,11H,5-6,9-10H2,1-2H3,(H,18,20).